The molecule has 0 unspecified atom stereocenters. The summed E-state index contributed by atoms with van der Waals surface area (Å²) in [7, 11) is 0. The van der Waals surface area contributed by atoms with Gasteiger partial charge in [-0.2, -0.15) is 0 Å². The zero-order chi connectivity index (χ0) is 14.4. The van der Waals surface area contributed by atoms with Gasteiger partial charge in [0.05, 0.1) is 4.47 Å². The number of benzene rings is 1. The zero-order valence-corrected chi connectivity index (χ0v) is 12.4. The molecule has 0 aliphatic heterocycles. The van der Waals surface area contributed by atoms with E-state index in [0.29, 0.717) is 0 Å². The van der Waals surface area contributed by atoms with Gasteiger partial charge in [-0.1, -0.05) is 29.8 Å². The van der Waals surface area contributed by atoms with Crippen molar-refractivity contribution in [3.63, 3.8) is 0 Å². The average molecular weight is 333 g/mol. The number of rotatable bonds is 3. The number of halogens is 1. The van der Waals surface area contributed by atoms with Gasteiger partial charge in [-0.05, 0) is 34.5 Å². The third-order valence-corrected chi connectivity index (χ3v) is 2.82. The molecule has 1 heterocycles. The molecule has 0 radical (unpaired) electrons. The predicted molar refractivity (Wildman–Crippen MR) is 82.1 cm³/mol. The molecule has 0 saturated carbocycles. The fourth-order valence-corrected chi connectivity index (χ4v) is 1.61. The summed E-state index contributed by atoms with van der Waals surface area (Å²) in [5.74, 6) is 0.245. The number of anilines is 1. The lowest BCUT2D eigenvalue weighted by molar-refractivity contribution is 0.255. The number of nitrogens with one attached hydrogen (secondary N) is 2. The largest absolute Gasteiger partial charge is 0.325 e. The number of nitrogens with zero attached hydrogens (tertiary/aromatic N) is 2. The van der Waals surface area contributed by atoms with E-state index in [-0.39, 0.29) is 5.95 Å². The number of carbonyl (C=O) groups excluding carboxylic acids is 1. The van der Waals surface area contributed by atoms with Gasteiger partial charge in [-0.15, -0.1) is 0 Å². The lowest BCUT2D eigenvalue weighted by Gasteiger charge is -2.02. The molecule has 5 nitrogen and oxygen atoms in total. The van der Waals surface area contributed by atoms with Crippen LogP contribution in [0.2, 0.25) is 0 Å². The van der Waals surface area contributed by atoms with Crippen LogP contribution in [-0.4, -0.2) is 16.0 Å². The molecule has 1 aromatic heterocycles. The van der Waals surface area contributed by atoms with Gasteiger partial charge >= 0.3 is 6.03 Å². The van der Waals surface area contributed by atoms with E-state index < -0.39 is 6.03 Å². The van der Waals surface area contributed by atoms with Crippen molar-refractivity contribution >= 4 is 34.0 Å². The summed E-state index contributed by atoms with van der Waals surface area (Å²) in [6, 6.07) is 7.58. The summed E-state index contributed by atoms with van der Waals surface area (Å²) >= 11 is 3.22. The van der Waals surface area contributed by atoms with Crippen molar-refractivity contribution in [2.24, 2.45) is 0 Å². The van der Waals surface area contributed by atoms with Gasteiger partial charge in [0, 0.05) is 18.6 Å². The molecule has 2 rings (SSSR count). The molecule has 0 saturated heterocycles. The topological polar surface area (TPSA) is 66.9 Å². The monoisotopic (exact) mass is 332 g/mol. The fourth-order valence-electron chi connectivity index (χ4n) is 1.41. The molecular weight excluding hydrogens is 320 g/mol. The second-order valence-corrected chi connectivity index (χ2v) is 4.98. The number of urea groups is 1. The van der Waals surface area contributed by atoms with Gasteiger partial charge in [-0.3, -0.25) is 5.32 Å². The summed E-state index contributed by atoms with van der Waals surface area (Å²) in [5.41, 5.74) is 2.20. The summed E-state index contributed by atoms with van der Waals surface area (Å²) < 4.78 is 0.753. The molecule has 1 aromatic carbocycles. The fraction of sp³-hybridized carbons (Fsp3) is 0.0714. The normalized spacial score (nSPS) is 10.5. The molecule has 2 amide bonds. The van der Waals surface area contributed by atoms with E-state index >= 15 is 0 Å². The van der Waals surface area contributed by atoms with Gasteiger partial charge in [0.2, 0.25) is 5.95 Å². The summed E-state index contributed by atoms with van der Waals surface area (Å²) in [4.78, 5) is 19.5. The Hall–Kier alpha value is -2.21. The smallest absolute Gasteiger partial charge is 0.314 e. The van der Waals surface area contributed by atoms with Gasteiger partial charge in [-0.25, -0.2) is 14.8 Å². The van der Waals surface area contributed by atoms with Crippen LogP contribution in [0.1, 0.15) is 11.1 Å². The molecule has 0 aliphatic rings. The Morgan fingerprint density at radius 2 is 1.85 bits per heavy atom. The van der Waals surface area contributed by atoms with Crippen LogP contribution in [0.15, 0.2) is 47.3 Å². The summed E-state index contributed by atoms with van der Waals surface area (Å²) in [5, 5.41) is 5.11. The number of amides is 2. The molecule has 2 N–H and O–H groups in total. The van der Waals surface area contributed by atoms with Crippen LogP contribution in [0.25, 0.3) is 6.08 Å². The van der Waals surface area contributed by atoms with Crippen LogP contribution < -0.4 is 10.6 Å². The molecular formula is C14H13BrN4O. The minimum atomic E-state index is -0.393. The molecule has 2 aromatic rings. The van der Waals surface area contributed by atoms with Crippen molar-refractivity contribution in [1.82, 2.24) is 15.3 Å². The van der Waals surface area contributed by atoms with Gasteiger partial charge in [0.15, 0.2) is 0 Å². The molecule has 102 valence electrons. The number of aromatic nitrogens is 2. The third kappa shape index (κ3) is 4.47. The first kappa shape index (κ1) is 14.2. The van der Waals surface area contributed by atoms with Crippen molar-refractivity contribution < 1.29 is 4.79 Å². The van der Waals surface area contributed by atoms with Crippen molar-refractivity contribution in [2.45, 2.75) is 6.92 Å². The molecule has 0 fully saturated rings. The van der Waals surface area contributed by atoms with Crippen LogP contribution in [-0.2, 0) is 0 Å². The van der Waals surface area contributed by atoms with Gasteiger partial charge in [0.1, 0.15) is 0 Å². The predicted octanol–water partition coefficient (Wildman–Crippen LogP) is 3.34. The highest BCUT2D eigenvalue weighted by Crippen LogP contribution is 2.06. The second-order valence-electron chi connectivity index (χ2n) is 4.07. The summed E-state index contributed by atoms with van der Waals surface area (Å²) in [6.45, 7) is 2.03. The number of hydrogen-bond acceptors (Lipinski definition) is 3. The molecule has 6 heteroatoms. The highest BCUT2D eigenvalue weighted by Gasteiger charge is 2.01. The Morgan fingerprint density at radius 3 is 2.50 bits per heavy atom. The van der Waals surface area contributed by atoms with Crippen LogP contribution in [0.3, 0.4) is 0 Å². The maximum atomic E-state index is 11.6. The minimum absolute atomic E-state index is 0.245. The molecule has 20 heavy (non-hydrogen) atoms. The molecule has 0 aliphatic carbocycles. The Balaban J connectivity index is 1.85. The maximum absolute atomic E-state index is 11.6. The van der Waals surface area contributed by atoms with E-state index in [4.69, 9.17) is 0 Å². The third-order valence-electron chi connectivity index (χ3n) is 2.41. The second kappa shape index (κ2) is 6.81. The van der Waals surface area contributed by atoms with Crippen molar-refractivity contribution in [1.29, 1.82) is 0 Å². The van der Waals surface area contributed by atoms with E-state index in [0.717, 1.165) is 10.0 Å². The summed E-state index contributed by atoms with van der Waals surface area (Å²) in [6.07, 6.45) is 6.50. The van der Waals surface area contributed by atoms with Crippen molar-refractivity contribution in [3.8, 4) is 0 Å². The SMILES string of the molecule is Cc1ccc(/C=C/NC(=O)Nc2ncc(Br)cn2)cc1. The van der Waals surface area contributed by atoms with E-state index in [2.05, 4.69) is 36.5 Å². The van der Waals surface area contributed by atoms with E-state index in [1.807, 2.05) is 37.3 Å². The number of carbonyl (C=O) groups is 1. The standard InChI is InChI=1S/C14H13BrN4O/c1-10-2-4-11(5-3-10)6-7-16-14(20)19-13-17-8-12(15)9-18-13/h2-9H,1H3,(H2,16,17,18,19,20)/b7-6+. The van der Waals surface area contributed by atoms with E-state index in [1.165, 1.54) is 5.56 Å². The van der Waals surface area contributed by atoms with E-state index in [1.54, 1.807) is 18.6 Å². The minimum Gasteiger partial charge on any atom is -0.314 e. The number of aryl methyl sites for hydroxylation is 1. The molecule has 0 atom stereocenters. The lowest BCUT2D eigenvalue weighted by atomic mass is 10.1. The molecule has 0 spiro atoms. The Bertz CT molecular complexity index is 608. The molecule has 0 bridgehead atoms. The number of hydrogen-bond donors (Lipinski definition) is 2. The van der Waals surface area contributed by atoms with Gasteiger partial charge < -0.3 is 5.32 Å². The highest BCUT2D eigenvalue weighted by molar-refractivity contribution is 9.10. The average Bonchev–Trinajstić information content (AvgIpc) is 2.44. The van der Waals surface area contributed by atoms with E-state index in [9.17, 15) is 4.79 Å². The Kier molecular flexibility index (Phi) is 4.84. The Morgan fingerprint density at radius 1 is 1.20 bits per heavy atom. The maximum Gasteiger partial charge on any atom is 0.325 e. The van der Waals surface area contributed by atoms with Crippen LogP contribution >= 0.6 is 15.9 Å². The van der Waals surface area contributed by atoms with Gasteiger partial charge in [0.25, 0.3) is 0 Å². The Labute approximate surface area is 125 Å². The van der Waals surface area contributed by atoms with Crippen LogP contribution in [0, 0.1) is 6.92 Å². The first-order valence-electron chi connectivity index (χ1n) is 5.92. The van der Waals surface area contributed by atoms with Crippen molar-refractivity contribution in [2.75, 3.05) is 5.32 Å². The quantitative estimate of drug-likeness (QED) is 0.905. The lowest BCUT2D eigenvalue weighted by Crippen LogP contribution is -2.24. The highest BCUT2D eigenvalue weighted by atomic mass is 79.9. The van der Waals surface area contributed by atoms with Crippen molar-refractivity contribution in [3.05, 3.63) is 58.5 Å². The van der Waals surface area contributed by atoms with Crippen LogP contribution in [0.5, 0.6) is 0 Å². The van der Waals surface area contributed by atoms with Crippen LogP contribution in [0.4, 0.5) is 10.7 Å². The first-order valence-corrected chi connectivity index (χ1v) is 6.71. The zero-order valence-electron chi connectivity index (χ0n) is 10.8. The first-order chi connectivity index (χ1) is 9.63.